The Hall–Kier alpha value is -6.98. The summed E-state index contributed by atoms with van der Waals surface area (Å²) in [6, 6.07) is 51.7. The van der Waals surface area contributed by atoms with Crippen molar-refractivity contribution < 1.29 is 0 Å². The molecule has 4 aromatic heterocycles. The van der Waals surface area contributed by atoms with E-state index in [1.54, 1.807) is 0 Å². The zero-order valence-electron chi connectivity index (χ0n) is 32.3. The van der Waals surface area contributed by atoms with Crippen LogP contribution in [0.4, 0.5) is 17.1 Å². The van der Waals surface area contributed by atoms with Crippen molar-refractivity contribution in [1.29, 1.82) is 0 Å². The van der Waals surface area contributed by atoms with Crippen molar-refractivity contribution in [2.45, 2.75) is 38.5 Å². The number of fused-ring (bicyclic) bond motifs is 10. The fourth-order valence-corrected chi connectivity index (χ4v) is 10.2. The van der Waals surface area contributed by atoms with Gasteiger partial charge in [-0.05, 0) is 94.0 Å². The summed E-state index contributed by atoms with van der Waals surface area (Å²) in [5, 5.41) is 4.87. The highest BCUT2D eigenvalue weighted by molar-refractivity contribution is 6.12. The average molecular weight is 734 g/mol. The van der Waals surface area contributed by atoms with E-state index in [0.717, 1.165) is 17.1 Å². The summed E-state index contributed by atoms with van der Waals surface area (Å²) >= 11 is 0. The van der Waals surface area contributed by atoms with Gasteiger partial charge in [0.25, 0.3) is 0 Å². The summed E-state index contributed by atoms with van der Waals surface area (Å²) in [6.45, 7) is 9.50. The van der Waals surface area contributed by atoms with Crippen molar-refractivity contribution in [3.63, 3.8) is 0 Å². The molecular weight excluding hydrogens is 695 g/mol. The van der Waals surface area contributed by atoms with Crippen LogP contribution in [-0.2, 0) is 10.8 Å². The van der Waals surface area contributed by atoms with Gasteiger partial charge < -0.3 is 14.0 Å². The van der Waals surface area contributed by atoms with Crippen molar-refractivity contribution in [2.75, 3.05) is 4.90 Å². The van der Waals surface area contributed by atoms with E-state index < -0.39 is 0 Å². The Labute approximate surface area is 331 Å². The van der Waals surface area contributed by atoms with Crippen LogP contribution in [0.1, 0.15) is 49.9 Å². The maximum absolute atomic E-state index is 4.53. The number of aromatic nitrogens is 4. The molecule has 0 fully saturated rings. The molecule has 6 aromatic carbocycles. The molecule has 0 N–H and O–H groups in total. The maximum atomic E-state index is 4.53. The number of hydrogen-bond donors (Lipinski definition) is 0. The smallest absolute Gasteiger partial charge is 0.0582 e. The van der Waals surface area contributed by atoms with Gasteiger partial charge in [-0.3, -0.25) is 9.97 Å². The highest BCUT2D eigenvalue weighted by atomic mass is 15.1. The van der Waals surface area contributed by atoms with Crippen LogP contribution in [0.15, 0.2) is 164 Å². The first-order valence-corrected chi connectivity index (χ1v) is 19.8. The molecule has 0 atom stereocenters. The van der Waals surface area contributed by atoms with E-state index in [0.29, 0.717) is 0 Å². The molecular formula is C52H39N5. The van der Waals surface area contributed by atoms with E-state index in [1.807, 2.05) is 24.8 Å². The summed E-state index contributed by atoms with van der Waals surface area (Å²) in [6.07, 6.45) is 7.85. The zero-order valence-corrected chi connectivity index (χ0v) is 32.3. The topological polar surface area (TPSA) is 38.9 Å². The number of pyridine rings is 2. The molecule has 2 aliphatic rings. The van der Waals surface area contributed by atoms with Gasteiger partial charge in [-0.1, -0.05) is 107 Å². The molecule has 6 heterocycles. The second-order valence-electron chi connectivity index (χ2n) is 16.8. The Bertz CT molecular complexity index is 3110. The fraction of sp³-hybridized carbons (Fsp3) is 0.115. The molecule has 0 saturated carbocycles. The summed E-state index contributed by atoms with van der Waals surface area (Å²) in [4.78, 5) is 11.5. The Morgan fingerprint density at radius 3 is 1.40 bits per heavy atom. The highest BCUT2D eigenvalue weighted by Crippen LogP contribution is 2.52. The molecule has 272 valence electrons. The van der Waals surface area contributed by atoms with Crippen LogP contribution >= 0.6 is 0 Å². The second kappa shape index (κ2) is 11.3. The van der Waals surface area contributed by atoms with Crippen LogP contribution in [0.5, 0.6) is 0 Å². The van der Waals surface area contributed by atoms with Gasteiger partial charge in [0, 0.05) is 74.2 Å². The maximum Gasteiger partial charge on any atom is 0.0582 e. The predicted molar refractivity (Wildman–Crippen MR) is 235 cm³/mol. The third kappa shape index (κ3) is 4.29. The van der Waals surface area contributed by atoms with Gasteiger partial charge in [0.2, 0.25) is 0 Å². The summed E-state index contributed by atoms with van der Waals surface area (Å²) in [7, 11) is 0. The third-order valence-corrected chi connectivity index (χ3v) is 13.1. The second-order valence-corrected chi connectivity index (χ2v) is 16.8. The molecule has 57 heavy (non-hydrogen) atoms. The lowest BCUT2D eigenvalue weighted by atomic mass is 9.74. The monoisotopic (exact) mass is 733 g/mol. The van der Waals surface area contributed by atoms with Crippen molar-refractivity contribution in [1.82, 2.24) is 19.1 Å². The van der Waals surface area contributed by atoms with E-state index in [-0.39, 0.29) is 10.8 Å². The van der Waals surface area contributed by atoms with E-state index in [2.05, 4.69) is 191 Å². The Balaban J connectivity index is 1.09. The quantitative estimate of drug-likeness (QED) is 0.181. The number of anilines is 3. The molecule has 10 aromatic rings. The first-order valence-electron chi connectivity index (χ1n) is 19.8. The van der Waals surface area contributed by atoms with Crippen LogP contribution in [-0.4, -0.2) is 19.1 Å². The zero-order chi connectivity index (χ0) is 38.2. The molecule has 0 unspecified atom stereocenters. The van der Waals surface area contributed by atoms with E-state index in [9.17, 15) is 0 Å². The minimum absolute atomic E-state index is 0.247. The minimum Gasteiger partial charge on any atom is -0.310 e. The van der Waals surface area contributed by atoms with Crippen LogP contribution in [0.3, 0.4) is 0 Å². The van der Waals surface area contributed by atoms with Crippen molar-refractivity contribution in [3.8, 4) is 22.5 Å². The number of rotatable bonds is 4. The number of hydrogen-bond acceptors (Lipinski definition) is 3. The first-order chi connectivity index (χ1) is 27.8. The molecule has 5 heteroatoms. The number of benzene rings is 6. The van der Waals surface area contributed by atoms with Crippen molar-refractivity contribution in [2.24, 2.45) is 0 Å². The summed E-state index contributed by atoms with van der Waals surface area (Å²) < 4.78 is 4.92. The van der Waals surface area contributed by atoms with E-state index >= 15 is 0 Å². The van der Waals surface area contributed by atoms with E-state index in [4.69, 9.17) is 0 Å². The molecule has 2 aliphatic heterocycles. The van der Waals surface area contributed by atoms with Gasteiger partial charge in [-0.15, -0.1) is 0 Å². The largest absolute Gasteiger partial charge is 0.310 e. The average Bonchev–Trinajstić information content (AvgIpc) is 3.77. The Morgan fingerprint density at radius 1 is 0.421 bits per heavy atom. The molecule has 0 saturated heterocycles. The number of para-hydroxylation sites is 2. The molecule has 0 radical (unpaired) electrons. The van der Waals surface area contributed by atoms with Gasteiger partial charge in [0.15, 0.2) is 0 Å². The standard InChI is InChI=1S/C52H39N5/c1-51(2)41-14-8-12-37-39-30-53-26-24-45(39)56(49(37)41)47-22-20-35(28-43(47)51)55(34-18-16-33(17-19-34)32-10-6-5-7-11-32)36-21-23-48-44(29-36)52(3,4)42-15-9-13-38-40-31-54-27-25-46(40)57(48)50(38)42/h5-31H,1-4H3. The lowest BCUT2D eigenvalue weighted by Crippen LogP contribution is -2.27. The van der Waals surface area contributed by atoms with Crippen molar-refractivity contribution in [3.05, 3.63) is 187 Å². The predicted octanol–water partition coefficient (Wildman–Crippen LogP) is 13.1. The summed E-state index contributed by atoms with van der Waals surface area (Å²) in [5.41, 5.74) is 17.9. The van der Waals surface area contributed by atoms with Crippen LogP contribution < -0.4 is 4.90 Å². The molecule has 0 aliphatic carbocycles. The molecule has 5 nitrogen and oxygen atoms in total. The third-order valence-electron chi connectivity index (χ3n) is 13.1. The number of nitrogens with zero attached hydrogens (tertiary/aromatic N) is 5. The van der Waals surface area contributed by atoms with Gasteiger partial charge in [-0.2, -0.15) is 0 Å². The van der Waals surface area contributed by atoms with Gasteiger partial charge in [-0.25, -0.2) is 0 Å². The van der Waals surface area contributed by atoms with Gasteiger partial charge >= 0.3 is 0 Å². The lowest BCUT2D eigenvalue weighted by Gasteiger charge is -2.37. The lowest BCUT2D eigenvalue weighted by molar-refractivity contribution is 0.629. The van der Waals surface area contributed by atoms with Gasteiger partial charge in [0.05, 0.1) is 33.4 Å². The Morgan fingerprint density at radius 2 is 0.895 bits per heavy atom. The molecule has 0 amide bonds. The Kier molecular flexibility index (Phi) is 6.40. The molecule has 0 spiro atoms. The van der Waals surface area contributed by atoms with E-state index in [1.165, 1.54) is 88.4 Å². The van der Waals surface area contributed by atoms with Gasteiger partial charge in [0.1, 0.15) is 0 Å². The molecule has 0 bridgehead atoms. The fourth-order valence-electron chi connectivity index (χ4n) is 10.2. The SMILES string of the molecule is CC1(C)c2cc(N(c3ccc(-c4ccccc4)cc3)c3ccc4c(c3)C(C)(C)c3cccc5c6cnccc6n-4c35)ccc2-n2c3ccncc3c3cccc1c32. The highest BCUT2D eigenvalue weighted by Gasteiger charge is 2.38. The minimum atomic E-state index is -0.247. The normalized spacial score (nSPS) is 14.6. The molecule has 12 rings (SSSR count). The first kappa shape index (κ1) is 32.3. The summed E-state index contributed by atoms with van der Waals surface area (Å²) in [5.74, 6) is 0. The van der Waals surface area contributed by atoms with Crippen LogP contribution in [0.25, 0.3) is 66.1 Å². The van der Waals surface area contributed by atoms with Crippen LogP contribution in [0.2, 0.25) is 0 Å². The van der Waals surface area contributed by atoms with Crippen molar-refractivity contribution >= 4 is 60.7 Å². The van der Waals surface area contributed by atoms with Crippen LogP contribution in [0, 0.1) is 0 Å².